The highest BCUT2D eigenvalue weighted by Crippen LogP contribution is 2.17. The van der Waals surface area contributed by atoms with E-state index in [1.54, 1.807) is 37.5 Å². The van der Waals surface area contributed by atoms with Crippen LogP contribution in [0.15, 0.2) is 34.1 Å². The van der Waals surface area contributed by atoms with Gasteiger partial charge in [-0.05, 0) is 30.5 Å². The second-order valence-corrected chi connectivity index (χ2v) is 5.70. The molecule has 0 saturated heterocycles. The van der Waals surface area contributed by atoms with Gasteiger partial charge in [-0.2, -0.15) is 0 Å². The summed E-state index contributed by atoms with van der Waals surface area (Å²) in [6, 6.07) is 5.47. The van der Waals surface area contributed by atoms with Crippen molar-refractivity contribution in [2.45, 2.75) is 13.5 Å². The number of hydrogen-bond acceptors (Lipinski definition) is 5. The molecule has 0 radical (unpaired) electrons. The van der Waals surface area contributed by atoms with Crippen molar-refractivity contribution in [3.8, 4) is 0 Å². The molecule has 0 spiro atoms. The molecule has 0 unspecified atom stereocenters. The number of thiophene rings is 1. The molecule has 0 fully saturated rings. The number of hydrogen-bond donors (Lipinski definition) is 0. The Hall–Kier alpha value is -2.34. The first-order chi connectivity index (χ1) is 10.5. The highest BCUT2D eigenvalue weighted by molar-refractivity contribution is 7.10. The van der Waals surface area contributed by atoms with Crippen molar-refractivity contribution in [2.24, 2.45) is 0 Å². The summed E-state index contributed by atoms with van der Waals surface area (Å²) in [5.74, 6) is 0.441. The lowest BCUT2D eigenvalue weighted by Crippen LogP contribution is -2.23. The predicted molar refractivity (Wildman–Crippen MR) is 84.6 cm³/mol. The van der Waals surface area contributed by atoms with Gasteiger partial charge < -0.3 is 14.1 Å². The van der Waals surface area contributed by atoms with Crippen LogP contribution in [0.3, 0.4) is 0 Å². The van der Waals surface area contributed by atoms with E-state index in [2.05, 4.69) is 4.74 Å². The highest BCUT2D eigenvalue weighted by Gasteiger charge is 2.17. The second-order valence-electron chi connectivity index (χ2n) is 4.72. The van der Waals surface area contributed by atoms with Crippen LogP contribution in [0.4, 0.5) is 0 Å². The van der Waals surface area contributed by atoms with E-state index >= 15 is 0 Å². The molecule has 0 saturated carbocycles. The van der Waals surface area contributed by atoms with Crippen molar-refractivity contribution in [1.82, 2.24) is 4.90 Å². The Labute approximate surface area is 132 Å². The monoisotopic (exact) mass is 319 g/mol. The molecular weight excluding hydrogens is 302 g/mol. The van der Waals surface area contributed by atoms with E-state index in [9.17, 15) is 9.59 Å². The summed E-state index contributed by atoms with van der Waals surface area (Å²) in [5, 5.41) is 1.95. The number of rotatable bonds is 5. The average molecular weight is 319 g/mol. The lowest BCUT2D eigenvalue weighted by Gasteiger charge is -2.12. The first kappa shape index (κ1) is 16.0. The number of carbonyl (C=O) groups is 2. The fourth-order valence-corrected chi connectivity index (χ4v) is 2.53. The Bertz CT molecular complexity index is 685. The summed E-state index contributed by atoms with van der Waals surface area (Å²) in [5.41, 5.74) is 0.382. The van der Waals surface area contributed by atoms with E-state index in [0.29, 0.717) is 17.1 Å². The molecule has 1 amide bonds. The third-order valence-corrected chi connectivity index (χ3v) is 3.91. The standard InChI is InChI=1S/C16H17NO4S/c1-11-14(16(19)20-3)9-12(21-11)10-17(2)15(18)7-6-13-5-4-8-22-13/h4-9H,10H2,1-3H3/b7-6+. The van der Waals surface area contributed by atoms with Crippen molar-refractivity contribution in [3.05, 3.63) is 51.6 Å². The van der Waals surface area contributed by atoms with Crippen molar-refractivity contribution in [1.29, 1.82) is 0 Å². The average Bonchev–Trinajstić information content (AvgIpc) is 3.13. The Morgan fingerprint density at radius 1 is 1.45 bits per heavy atom. The second kappa shape index (κ2) is 7.09. The van der Waals surface area contributed by atoms with Crippen molar-refractivity contribution in [2.75, 3.05) is 14.2 Å². The van der Waals surface area contributed by atoms with Crippen LogP contribution in [0.1, 0.15) is 26.8 Å². The van der Waals surface area contributed by atoms with E-state index < -0.39 is 5.97 Å². The molecule has 2 heterocycles. The van der Waals surface area contributed by atoms with Crippen LogP contribution in [-0.2, 0) is 16.1 Å². The first-order valence-electron chi connectivity index (χ1n) is 6.65. The predicted octanol–water partition coefficient (Wildman–Crippen LogP) is 3.11. The molecule has 0 aliphatic carbocycles. The Balaban J connectivity index is 2.01. The molecule has 0 aliphatic heterocycles. The number of nitrogens with zero attached hydrogens (tertiary/aromatic N) is 1. The molecule has 0 bridgehead atoms. The molecule has 116 valence electrons. The normalized spacial score (nSPS) is 10.9. The van der Waals surface area contributed by atoms with Gasteiger partial charge in [-0.15, -0.1) is 11.3 Å². The third-order valence-electron chi connectivity index (χ3n) is 3.08. The summed E-state index contributed by atoms with van der Waals surface area (Å²) in [6.07, 6.45) is 3.29. The maximum Gasteiger partial charge on any atom is 0.341 e. The van der Waals surface area contributed by atoms with Crippen molar-refractivity contribution >= 4 is 29.3 Å². The summed E-state index contributed by atoms with van der Waals surface area (Å²) < 4.78 is 10.2. The quantitative estimate of drug-likeness (QED) is 0.627. The molecule has 0 aromatic carbocycles. The van der Waals surface area contributed by atoms with Crippen molar-refractivity contribution in [3.63, 3.8) is 0 Å². The first-order valence-corrected chi connectivity index (χ1v) is 7.53. The van der Waals surface area contributed by atoms with E-state index in [1.165, 1.54) is 18.1 Å². The largest absolute Gasteiger partial charge is 0.465 e. The smallest absolute Gasteiger partial charge is 0.341 e. The molecular formula is C16H17NO4S. The van der Waals surface area contributed by atoms with Gasteiger partial charge in [0.25, 0.3) is 0 Å². The van der Waals surface area contributed by atoms with Crippen molar-refractivity contribution < 1.29 is 18.7 Å². The van der Waals surface area contributed by atoms with Gasteiger partial charge in [-0.25, -0.2) is 4.79 Å². The number of likely N-dealkylation sites (N-methyl/N-ethyl adjacent to an activating group) is 1. The molecule has 0 atom stereocenters. The number of carbonyl (C=O) groups excluding carboxylic acids is 2. The fourth-order valence-electron chi connectivity index (χ4n) is 1.91. The molecule has 2 aromatic heterocycles. The molecule has 5 nitrogen and oxygen atoms in total. The van der Waals surface area contributed by atoms with Gasteiger partial charge in [0.05, 0.1) is 13.7 Å². The van der Waals surface area contributed by atoms with Gasteiger partial charge in [-0.3, -0.25) is 4.79 Å². The number of methoxy groups -OCH3 is 1. The van der Waals surface area contributed by atoms with Gasteiger partial charge in [0, 0.05) is 18.0 Å². The fraction of sp³-hybridized carbons (Fsp3) is 0.250. The van der Waals surface area contributed by atoms with E-state index in [4.69, 9.17) is 4.42 Å². The topological polar surface area (TPSA) is 59.8 Å². The number of esters is 1. The molecule has 6 heteroatoms. The molecule has 0 N–H and O–H groups in total. The molecule has 2 rings (SSSR count). The van der Waals surface area contributed by atoms with Gasteiger partial charge >= 0.3 is 5.97 Å². The van der Waals surface area contributed by atoms with Crippen LogP contribution in [-0.4, -0.2) is 30.9 Å². The van der Waals surface area contributed by atoms with E-state index in [0.717, 1.165) is 4.88 Å². The summed E-state index contributed by atoms with van der Waals surface area (Å²) in [4.78, 5) is 26.1. The minimum absolute atomic E-state index is 0.137. The lowest BCUT2D eigenvalue weighted by atomic mass is 10.2. The van der Waals surface area contributed by atoms with Gasteiger partial charge in [0.15, 0.2) is 0 Å². The van der Waals surface area contributed by atoms with Gasteiger partial charge in [0.2, 0.25) is 5.91 Å². The van der Waals surface area contributed by atoms with Crippen LogP contribution >= 0.6 is 11.3 Å². The Kier molecular flexibility index (Phi) is 5.16. The summed E-state index contributed by atoms with van der Waals surface area (Å²) >= 11 is 1.56. The highest BCUT2D eigenvalue weighted by atomic mass is 32.1. The lowest BCUT2D eigenvalue weighted by molar-refractivity contribution is -0.125. The maximum atomic E-state index is 12.0. The number of aryl methyl sites for hydroxylation is 1. The number of amides is 1. The van der Waals surface area contributed by atoms with Gasteiger partial charge in [0.1, 0.15) is 17.1 Å². The molecule has 0 aliphatic rings. The minimum atomic E-state index is -0.445. The molecule has 2 aromatic rings. The zero-order chi connectivity index (χ0) is 16.1. The van der Waals surface area contributed by atoms with Crippen LogP contribution in [0.5, 0.6) is 0 Å². The van der Waals surface area contributed by atoms with E-state index in [-0.39, 0.29) is 12.5 Å². The Morgan fingerprint density at radius 3 is 2.86 bits per heavy atom. The Morgan fingerprint density at radius 2 is 2.23 bits per heavy atom. The zero-order valence-electron chi connectivity index (χ0n) is 12.7. The zero-order valence-corrected chi connectivity index (χ0v) is 13.5. The van der Waals surface area contributed by atoms with Crippen LogP contribution in [0.25, 0.3) is 6.08 Å². The molecule has 22 heavy (non-hydrogen) atoms. The minimum Gasteiger partial charge on any atom is -0.465 e. The SMILES string of the molecule is COC(=O)c1cc(CN(C)C(=O)/C=C/c2cccs2)oc1C. The number of ether oxygens (including phenoxy) is 1. The number of furan rings is 1. The third kappa shape index (κ3) is 3.85. The van der Waals surface area contributed by atoms with Crippen LogP contribution < -0.4 is 0 Å². The maximum absolute atomic E-state index is 12.0. The van der Waals surface area contributed by atoms with Crippen LogP contribution in [0, 0.1) is 6.92 Å². The van der Waals surface area contributed by atoms with Gasteiger partial charge in [-0.1, -0.05) is 6.07 Å². The van der Waals surface area contributed by atoms with E-state index in [1.807, 2.05) is 17.5 Å². The summed E-state index contributed by atoms with van der Waals surface area (Å²) in [6.45, 7) is 1.97. The van der Waals surface area contributed by atoms with Crippen LogP contribution in [0.2, 0.25) is 0 Å². The summed E-state index contributed by atoms with van der Waals surface area (Å²) in [7, 11) is 3.00.